The van der Waals surface area contributed by atoms with Crippen LogP contribution < -0.4 is 4.90 Å². The average Bonchev–Trinajstić information content (AvgIpc) is 2.96. The third kappa shape index (κ3) is 4.46. The van der Waals surface area contributed by atoms with Gasteiger partial charge in [0.25, 0.3) is 5.91 Å². The molecule has 1 fully saturated rings. The lowest BCUT2D eigenvalue weighted by molar-refractivity contribution is -0.133. The van der Waals surface area contributed by atoms with Gasteiger partial charge in [0.05, 0.1) is 6.42 Å². The van der Waals surface area contributed by atoms with Crippen molar-refractivity contribution < 1.29 is 18.0 Å². The van der Waals surface area contributed by atoms with Crippen molar-refractivity contribution in [2.45, 2.75) is 24.8 Å². The summed E-state index contributed by atoms with van der Waals surface area (Å²) in [5, 5.41) is -0.391. The van der Waals surface area contributed by atoms with Crippen molar-refractivity contribution >= 4 is 28.5 Å². The van der Waals surface area contributed by atoms with E-state index in [2.05, 4.69) is 4.99 Å². The maximum absolute atomic E-state index is 12.8. The number of nitrogens with zero attached hydrogens (tertiary/aromatic N) is 2. The normalized spacial score (nSPS) is 19.2. The predicted octanol–water partition coefficient (Wildman–Crippen LogP) is 5.07. The fraction of sp³-hybridized carbons (Fsp3) is 0.263. The Morgan fingerprint density at radius 2 is 1.81 bits per heavy atom. The number of thioether (sulfide) groups is 1. The van der Waals surface area contributed by atoms with Gasteiger partial charge < -0.3 is 4.90 Å². The van der Waals surface area contributed by atoms with Crippen molar-refractivity contribution in [3.63, 3.8) is 0 Å². The minimum Gasteiger partial charge on any atom is -0.320 e. The van der Waals surface area contributed by atoms with Gasteiger partial charge in [0.2, 0.25) is 0 Å². The van der Waals surface area contributed by atoms with E-state index in [-0.39, 0.29) is 6.54 Å². The van der Waals surface area contributed by atoms with Crippen molar-refractivity contribution in [1.82, 2.24) is 0 Å². The first-order chi connectivity index (χ1) is 12.3. The third-order valence-corrected chi connectivity index (χ3v) is 5.16. The standard InChI is InChI=1S/C19H17F3N2OS/c1-13-7-5-6-10-16(13)17(25)23-18-24(14-8-3-2-4-9-14)12-15(26-18)11-19(20,21)22/h2-10,15H,11-12H2,1H3. The topological polar surface area (TPSA) is 32.7 Å². The number of rotatable bonds is 3. The van der Waals surface area contributed by atoms with Gasteiger partial charge in [0.1, 0.15) is 0 Å². The molecule has 26 heavy (non-hydrogen) atoms. The molecular weight excluding hydrogens is 361 g/mol. The highest BCUT2D eigenvalue weighted by Crippen LogP contribution is 2.37. The van der Waals surface area contributed by atoms with E-state index >= 15 is 0 Å². The van der Waals surface area contributed by atoms with Crippen molar-refractivity contribution in [3.05, 3.63) is 65.7 Å². The fourth-order valence-corrected chi connectivity index (χ4v) is 4.00. The first-order valence-electron chi connectivity index (χ1n) is 8.08. The molecule has 1 heterocycles. The molecule has 1 aliphatic heterocycles. The molecule has 0 saturated carbocycles. The largest absolute Gasteiger partial charge is 0.390 e. The van der Waals surface area contributed by atoms with Crippen LogP contribution in [0.5, 0.6) is 0 Å². The number of anilines is 1. The number of hydrogen-bond donors (Lipinski definition) is 0. The zero-order valence-electron chi connectivity index (χ0n) is 14.0. The van der Waals surface area contributed by atoms with Crippen molar-refractivity contribution in [2.75, 3.05) is 11.4 Å². The predicted molar refractivity (Wildman–Crippen MR) is 98.8 cm³/mol. The highest BCUT2D eigenvalue weighted by atomic mass is 32.2. The SMILES string of the molecule is Cc1ccccc1C(=O)N=C1SC(CC(F)(F)F)CN1c1ccccc1. The Morgan fingerprint density at radius 1 is 1.15 bits per heavy atom. The number of alkyl halides is 3. The highest BCUT2D eigenvalue weighted by Gasteiger charge is 2.39. The van der Waals surface area contributed by atoms with E-state index in [9.17, 15) is 18.0 Å². The Hall–Kier alpha value is -2.28. The Morgan fingerprint density at radius 3 is 2.46 bits per heavy atom. The van der Waals surface area contributed by atoms with Gasteiger partial charge in [-0.15, -0.1) is 0 Å². The lowest BCUT2D eigenvalue weighted by Gasteiger charge is -2.18. The summed E-state index contributed by atoms with van der Waals surface area (Å²) in [5.41, 5.74) is 1.96. The van der Waals surface area contributed by atoms with Crippen molar-refractivity contribution in [1.29, 1.82) is 0 Å². The Kier molecular flexibility index (Phi) is 5.36. The molecule has 0 bridgehead atoms. The number of aryl methyl sites for hydroxylation is 1. The quantitative estimate of drug-likeness (QED) is 0.748. The molecule has 1 amide bonds. The summed E-state index contributed by atoms with van der Waals surface area (Å²) >= 11 is 1.00. The monoisotopic (exact) mass is 378 g/mol. The van der Waals surface area contributed by atoms with E-state index in [0.717, 1.165) is 23.0 Å². The Bertz CT molecular complexity index is 821. The van der Waals surface area contributed by atoms with Gasteiger partial charge in [-0.25, -0.2) is 0 Å². The lowest BCUT2D eigenvalue weighted by atomic mass is 10.1. The number of carbonyl (C=O) groups excluding carboxylic acids is 1. The van der Waals surface area contributed by atoms with Crippen LogP contribution in [0.15, 0.2) is 59.6 Å². The van der Waals surface area contributed by atoms with Crippen LogP contribution in [0.4, 0.5) is 18.9 Å². The summed E-state index contributed by atoms with van der Waals surface area (Å²) in [5.74, 6) is -0.445. The molecule has 0 aromatic heterocycles. The molecule has 0 spiro atoms. The summed E-state index contributed by atoms with van der Waals surface area (Å²) < 4.78 is 38.4. The number of amidine groups is 1. The fourth-order valence-electron chi connectivity index (χ4n) is 2.77. The number of para-hydroxylation sites is 1. The minimum absolute atomic E-state index is 0.161. The molecule has 2 aromatic rings. The first-order valence-corrected chi connectivity index (χ1v) is 8.96. The lowest BCUT2D eigenvalue weighted by Crippen LogP contribution is -2.27. The molecule has 2 aromatic carbocycles. The van der Waals surface area contributed by atoms with E-state index in [4.69, 9.17) is 0 Å². The first kappa shape index (κ1) is 18.5. The maximum Gasteiger partial charge on any atom is 0.390 e. The van der Waals surface area contributed by atoms with Crippen LogP contribution in [0.25, 0.3) is 0 Å². The van der Waals surface area contributed by atoms with Crippen LogP contribution >= 0.6 is 11.8 Å². The zero-order chi connectivity index (χ0) is 18.7. The second-order valence-electron chi connectivity index (χ2n) is 6.02. The summed E-state index contributed by atoms with van der Waals surface area (Å²) in [4.78, 5) is 18.4. The molecule has 3 nitrogen and oxygen atoms in total. The van der Waals surface area contributed by atoms with Crippen LogP contribution in [0.2, 0.25) is 0 Å². The van der Waals surface area contributed by atoms with Crippen LogP contribution in [0.1, 0.15) is 22.3 Å². The van der Waals surface area contributed by atoms with Crippen molar-refractivity contribution in [3.8, 4) is 0 Å². The second-order valence-corrected chi connectivity index (χ2v) is 7.29. The zero-order valence-corrected chi connectivity index (χ0v) is 14.8. The number of halogens is 3. The molecule has 0 N–H and O–H groups in total. The molecule has 1 atom stereocenters. The minimum atomic E-state index is -4.25. The molecular formula is C19H17F3N2OS. The van der Waals surface area contributed by atoms with Gasteiger partial charge in [-0.2, -0.15) is 18.2 Å². The number of amides is 1. The van der Waals surface area contributed by atoms with Crippen LogP contribution in [0.3, 0.4) is 0 Å². The van der Waals surface area contributed by atoms with E-state index in [1.165, 1.54) is 0 Å². The van der Waals surface area contributed by atoms with Crippen molar-refractivity contribution in [2.24, 2.45) is 4.99 Å². The van der Waals surface area contributed by atoms with E-state index in [1.807, 2.05) is 12.1 Å². The molecule has 7 heteroatoms. The van der Waals surface area contributed by atoms with Gasteiger partial charge in [0.15, 0.2) is 5.17 Å². The molecule has 3 rings (SSSR count). The maximum atomic E-state index is 12.8. The van der Waals surface area contributed by atoms with Gasteiger partial charge in [-0.05, 0) is 30.7 Å². The third-order valence-electron chi connectivity index (χ3n) is 3.99. The Labute approximate surface area is 153 Å². The molecule has 1 unspecified atom stereocenters. The molecule has 136 valence electrons. The number of carbonyl (C=O) groups is 1. The number of benzene rings is 2. The summed E-state index contributed by atoms with van der Waals surface area (Å²) in [6.45, 7) is 1.96. The van der Waals surface area contributed by atoms with E-state index in [0.29, 0.717) is 10.7 Å². The molecule has 0 radical (unpaired) electrons. The highest BCUT2D eigenvalue weighted by molar-refractivity contribution is 8.15. The van der Waals surface area contributed by atoms with Crippen LogP contribution in [-0.4, -0.2) is 29.0 Å². The summed E-state index contributed by atoms with van der Waals surface area (Å²) in [6.07, 6.45) is -5.17. The van der Waals surface area contributed by atoms with Crippen LogP contribution in [0, 0.1) is 6.92 Å². The average molecular weight is 378 g/mol. The molecule has 1 aliphatic rings. The second kappa shape index (κ2) is 7.53. The van der Waals surface area contributed by atoms with Gasteiger partial charge in [-0.3, -0.25) is 4.79 Å². The number of aliphatic imine (C=N–C) groups is 1. The molecule has 0 aliphatic carbocycles. The van der Waals surface area contributed by atoms with Gasteiger partial charge in [0, 0.05) is 23.0 Å². The van der Waals surface area contributed by atoms with Gasteiger partial charge >= 0.3 is 6.18 Å². The number of hydrogen-bond acceptors (Lipinski definition) is 2. The smallest absolute Gasteiger partial charge is 0.320 e. The van der Waals surface area contributed by atoms with E-state index < -0.39 is 23.8 Å². The van der Waals surface area contributed by atoms with Gasteiger partial charge in [-0.1, -0.05) is 48.2 Å². The van der Waals surface area contributed by atoms with Crippen LogP contribution in [-0.2, 0) is 0 Å². The Balaban J connectivity index is 1.91. The summed E-state index contributed by atoms with van der Waals surface area (Å²) in [6, 6.07) is 16.1. The van der Waals surface area contributed by atoms with E-state index in [1.54, 1.807) is 54.3 Å². The molecule has 1 saturated heterocycles. The summed E-state index contributed by atoms with van der Waals surface area (Å²) in [7, 11) is 0.